The number of ether oxygens (including phenoxy) is 1. The number of benzene rings is 1. The van der Waals surface area contributed by atoms with Crippen molar-refractivity contribution in [3.05, 3.63) is 28.8 Å². The van der Waals surface area contributed by atoms with E-state index in [4.69, 9.17) is 21.2 Å². The van der Waals surface area contributed by atoms with E-state index in [0.29, 0.717) is 29.8 Å². The minimum atomic E-state index is -0.183. The normalized spacial score (nSPS) is 19.3. The van der Waals surface area contributed by atoms with Gasteiger partial charge in [-0.15, -0.1) is 0 Å². The summed E-state index contributed by atoms with van der Waals surface area (Å²) >= 11 is 6.16. The maximum absolute atomic E-state index is 12.1. The Morgan fingerprint density at radius 1 is 1.37 bits per heavy atom. The van der Waals surface area contributed by atoms with E-state index in [1.807, 2.05) is 0 Å². The van der Waals surface area contributed by atoms with Crippen molar-refractivity contribution in [1.82, 2.24) is 5.06 Å². The zero-order valence-corrected chi connectivity index (χ0v) is 11.4. The summed E-state index contributed by atoms with van der Waals surface area (Å²) in [4.78, 5) is 17.4. The Balaban J connectivity index is 1.72. The Morgan fingerprint density at radius 2 is 2.21 bits per heavy atom. The molecule has 102 valence electrons. The average molecular weight is 282 g/mol. The molecule has 0 aromatic heterocycles. The summed E-state index contributed by atoms with van der Waals surface area (Å²) in [5.41, 5.74) is 0.463. The molecule has 1 aliphatic carbocycles. The van der Waals surface area contributed by atoms with Crippen LogP contribution in [0.15, 0.2) is 18.2 Å². The van der Waals surface area contributed by atoms with Gasteiger partial charge in [0.15, 0.2) is 0 Å². The second-order valence-electron chi connectivity index (χ2n) is 4.91. The molecule has 3 rings (SSSR count). The van der Waals surface area contributed by atoms with Gasteiger partial charge in [-0.2, -0.15) is 0 Å². The van der Waals surface area contributed by atoms with Gasteiger partial charge in [-0.05, 0) is 43.9 Å². The summed E-state index contributed by atoms with van der Waals surface area (Å²) in [6, 6.07) is 5.22. The average Bonchev–Trinajstić information content (AvgIpc) is 2.87. The van der Waals surface area contributed by atoms with Crippen LogP contribution in [0.1, 0.15) is 36.0 Å². The van der Waals surface area contributed by atoms with Crippen molar-refractivity contribution in [1.29, 1.82) is 0 Å². The van der Waals surface area contributed by atoms with Crippen LogP contribution in [0.5, 0.6) is 5.75 Å². The molecule has 1 saturated carbocycles. The van der Waals surface area contributed by atoms with Crippen LogP contribution in [-0.4, -0.2) is 30.2 Å². The lowest BCUT2D eigenvalue weighted by Crippen LogP contribution is -2.27. The SMILES string of the molecule is O=C(c1ccc(OC2CCC2)cc1Cl)N1CCCO1. The van der Waals surface area contributed by atoms with Crippen LogP contribution in [0.4, 0.5) is 0 Å². The zero-order valence-electron chi connectivity index (χ0n) is 10.6. The molecule has 0 unspecified atom stereocenters. The number of amides is 1. The molecule has 0 spiro atoms. The van der Waals surface area contributed by atoms with Crippen molar-refractivity contribution in [2.24, 2.45) is 0 Å². The Bertz CT molecular complexity index is 482. The minimum absolute atomic E-state index is 0.183. The van der Waals surface area contributed by atoms with Crippen molar-refractivity contribution in [2.75, 3.05) is 13.2 Å². The summed E-state index contributed by atoms with van der Waals surface area (Å²) < 4.78 is 5.75. The third-order valence-corrected chi connectivity index (χ3v) is 3.82. The molecule has 2 fully saturated rings. The molecule has 1 heterocycles. The van der Waals surface area contributed by atoms with Crippen molar-refractivity contribution in [3.63, 3.8) is 0 Å². The number of carbonyl (C=O) groups excluding carboxylic acids is 1. The van der Waals surface area contributed by atoms with Gasteiger partial charge >= 0.3 is 0 Å². The van der Waals surface area contributed by atoms with E-state index in [-0.39, 0.29) is 5.91 Å². The first kappa shape index (κ1) is 12.8. The molecule has 1 aliphatic heterocycles. The maximum Gasteiger partial charge on any atom is 0.278 e. The third kappa shape index (κ3) is 2.69. The first-order valence-electron chi connectivity index (χ1n) is 6.65. The molecule has 1 aromatic carbocycles. The van der Waals surface area contributed by atoms with Crippen molar-refractivity contribution in [3.8, 4) is 5.75 Å². The van der Waals surface area contributed by atoms with Gasteiger partial charge in [-0.25, -0.2) is 5.06 Å². The predicted molar refractivity (Wildman–Crippen MR) is 71.3 cm³/mol. The summed E-state index contributed by atoms with van der Waals surface area (Å²) in [6.07, 6.45) is 4.59. The van der Waals surface area contributed by atoms with Crippen LogP contribution in [0, 0.1) is 0 Å². The van der Waals surface area contributed by atoms with Gasteiger partial charge < -0.3 is 4.74 Å². The molecule has 0 atom stereocenters. The smallest absolute Gasteiger partial charge is 0.278 e. The first-order valence-corrected chi connectivity index (χ1v) is 7.03. The van der Waals surface area contributed by atoms with E-state index >= 15 is 0 Å². The Morgan fingerprint density at radius 3 is 2.79 bits per heavy atom. The van der Waals surface area contributed by atoms with E-state index in [0.717, 1.165) is 25.0 Å². The fourth-order valence-corrected chi connectivity index (χ4v) is 2.42. The van der Waals surface area contributed by atoms with Gasteiger partial charge in [0.05, 0.1) is 29.8 Å². The van der Waals surface area contributed by atoms with Crippen molar-refractivity contribution < 1.29 is 14.4 Å². The van der Waals surface area contributed by atoms with Crippen LogP contribution in [-0.2, 0) is 4.84 Å². The lowest BCUT2D eigenvalue weighted by atomic mass is 9.96. The fraction of sp³-hybridized carbons (Fsp3) is 0.500. The molecule has 4 nitrogen and oxygen atoms in total. The summed E-state index contributed by atoms with van der Waals surface area (Å²) in [7, 11) is 0. The highest BCUT2D eigenvalue weighted by Gasteiger charge is 2.24. The van der Waals surface area contributed by atoms with Crippen LogP contribution in [0.25, 0.3) is 0 Å². The molecular formula is C14H16ClNO3. The molecule has 5 heteroatoms. The van der Waals surface area contributed by atoms with Gasteiger partial charge in [0, 0.05) is 0 Å². The number of halogens is 1. The molecular weight excluding hydrogens is 266 g/mol. The topological polar surface area (TPSA) is 38.8 Å². The molecule has 0 N–H and O–H groups in total. The molecule has 19 heavy (non-hydrogen) atoms. The van der Waals surface area contributed by atoms with E-state index < -0.39 is 0 Å². The molecule has 0 bridgehead atoms. The van der Waals surface area contributed by atoms with E-state index in [1.165, 1.54) is 11.5 Å². The highest BCUT2D eigenvalue weighted by Crippen LogP contribution is 2.29. The van der Waals surface area contributed by atoms with Gasteiger partial charge in [0.2, 0.25) is 0 Å². The second kappa shape index (κ2) is 5.39. The van der Waals surface area contributed by atoms with Gasteiger partial charge in [-0.3, -0.25) is 9.63 Å². The molecule has 1 aromatic rings. The van der Waals surface area contributed by atoms with Crippen LogP contribution in [0.3, 0.4) is 0 Å². The Hall–Kier alpha value is -1.26. The van der Waals surface area contributed by atoms with Crippen molar-refractivity contribution >= 4 is 17.5 Å². The van der Waals surface area contributed by atoms with Gasteiger partial charge in [-0.1, -0.05) is 11.6 Å². The molecule has 0 radical (unpaired) electrons. The summed E-state index contributed by atoms with van der Waals surface area (Å²) in [6.45, 7) is 1.21. The van der Waals surface area contributed by atoms with E-state index in [1.54, 1.807) is 18.2 Å². The predicted octanol–water partition coefficient (Wildman–Crippen LogP) is 3.05. The Kier molecular flexibility index (Phi) is 3.62. The maximum atomic E-state index is 12.1. The monoisotopic (exact) mass is 281 g/mol. The highest BCUT2D eigenvalue weighted by atomic mass is 35.5. The van der Waals surface area contributed by atoms with Gasteiger partial charge in [0.1, 0.15) is 5.75 Å². The quantitative estimate of drug-likeness (QED) is 0.855. The summed E-state index contributed by atoms with van der Waals surface area (Å²) in [5, 5.41) is 1.78. The molecule has 1 saturated heterocycles. The number of carbonyl (C=O) groups is 1. The number of hydroxylamine groups is 2. The molecule has 1 amide bonds. The minimum Gasteiger partial charge on any atom is -0.490 e. The van der Waals surface area contributed by atoms with Gasteiger partial charge in [0.25, 0.3) is 5.91 Å². The van der Waals surface area contributed by atoms with Crippen molar-refractivity contribution in [2.45, 2.75) is 31.8 Å². The zero-order chi connectivity index (χ0) is 13.2. The fourth-order valence-electron chi connectivity index (χ4n) is 2.17. The lowest BCUT2D eigenvalue weighted by Gasteiger charge is -2.26. The summed E-state index contributed by atoms with van der Waals surface area (Å²) in [5.74, 6) is 0.547. The Labute approximate surface area is 117 Å². The number of nitrogens with zero attached hydrogens (tertiary/aromatic N) is 1. The highest BCUT2D eigenvalue weighted by molar-refractivity contribution is 6.33. The lowest BCUT2D eigenvalue weighted by molar-refractivity contribution is -0.0768. The number of rotatable bonds is 3. The second-order valence-corrected chi connectivity index (χ2v) is 5.31. The third-order valence-electron chi connectivity index (χ3n) is 3.51. The largest absolute Gasteiger partial charge is 0.490 e. The number of hydrogen-bond donors (Lipinski definition) is 0. The number of hydrogen-bond acceptors (Lipinski definition) is 3. The van der Waals surface area contributed by atoms with E-state index in [2.05, 4.69) is 0 Å². The van der Waals surface area contributed by atoms with Crippen LogP contribution in [0.2, 0.25) is 5.02 Å². The standard InChI is InChI=1S/C14H16ClNO3/c15-13-9-11(19-10-3-1-4-10)5-6-12(13)14(17)16-7-2-8-18-16/h5-6,9-10H,1-4,7-8H2. The van der Waals surface area contributed by atoms with E-state index in [9.17, 15) is 4.79 Å². The van der Waals surface area contributed by atoms with Crippen LogP contribution < -0.4 is 4.74 Å². The first-order chi connectivity index (χ1) is 9.24. The van der Waals surface area contributed by atoms with Crippen LogP contribution >= 0.6 is 11.6 Å². The molecule has 2 aliphatic rings.